The lowest BCUT2D eigenvalue weighted by molar-refractivity contribution is -0.148. The molecule has 2 N–H and O–H groups in total. The number of hydrogen-bond acceptors (Lipinski definition) is 2. The van der Waals surface area contributed by atoms with E-state index >= 15 is 0 Å². The predicted octanol–water partition coefficient (Wildman–Crippen LogP) is 3.13. The SMILES string of the molecule is Cc1cc(C(=O)NCC2(C(=O)O)CCCC2)ccc1Br. The Morgan fingerprint density at radius 1 is 1.35 bits per heavy atom. The van der Waals surface area contributed by atoms with Crippen molar-refractivity contribution in [3.8, 4) is 0 Å². The fourth-order valence-electron chi connectivity index (χ4n) is 2.66. The molecule has 4 nitrogen and oxygen atoms in total. The van der Waals surface area contributed by atoms with E-state index in [0.29, 0.717) is 18.4 Å². The monoisotopic (exact) mass is 339 g/mol. The first-order valence-corrected chi connectivity index (χ1v) is 7.52. The molecule has 0 saturated heterocycles. The lowest BCUT2D eigenvalue weighted by atomic mass is 9.86. The zero-order chi connectivity index (χ0) is 14.8. The summed E-state index contributed by atoms with van der Waals surface area (Å²) >= 11 is 3.39. The first-order chi connectivity index (χ1) is 9.44. The minimum atomic E-state index is -0.803. The van der Waals surface area contributed by atoms with Gasteiger partial charge in [-0.25, -0.2) is 0 Å². The standard InChI is InChI=1S/C15H18BrNO3/c1-10-8-11(4-5-12(10)16)13(18)17-9-15(14(19)20)6-2-3-7-15/h4-5,8H,2-3,6-7,9H2,1H3,(H,17,18)(H,19,20). The second-order valence-corrected chi connectivity index (χ2v) is 6.29. The number of rotatable bonds is 4. The summed E-state index contributed by atoms with van der Waals surface area (Å²) in [5.74, 6) is -1.02. The summed E-state index contributed by atoms with van der Waals surface area (Å²) in [6.07, 6.45) is 3.11. The van der Waals surface area contributed by atoms with Crippen LogP contribution in [0.15, 0.2) is 22.7 Å². The van der Waals surface area contributed by atoms with Crippen LogP contribution in [-0.2, 0) is 4.79 Å². The molecular formula is C15H18BrNO3. The smallest absolute Gasteiger partial charge is 0.311 e. The quantitative estimate of drug-likeness (QED) is 0.885. The predicted molar refractivity (Wildman–Crippen MR) is 79.7 cm³/mol. The molecule has 0 spiro atoms. The molecule has 108 valence electrons. The number of carbonyl (C=O) groups is 2. The maximum atomic E-state index is 12.1. The number of benzene rings is 1. The summed E-state index contributed by atoms with van der Waals surface area (Å²) in [5.41, 5.74) is 0.760. The van der Waals surface area contributed by atoms with Crippen LogP contribution in [-0.4, -0.2) is 23.5 Å². The van der Waals surface area contributed by atoms with Crippen molar-refractivity contribution in [3.63, 3.8) is 0 Å². The molecule has 1 amide bonds. The van der Waals surface area contributed by atoms with Gasteiger partial charge in [0.05, 0.1) is 5.41 Å². The van der Waals surface area contributed by atoms with E-state index in [0.717, 1.165) is 22.9 Å². The van der Waals surface area contributed by atoms with Crippen LogP contribution in [0.3, 0.4) is 0 Å². The number of aryl methyl sites for hydroxylation is 1. The molecule has 1 aliphatic carbocycles. The number of carbonyl (C=O) groups excluding carboxylic acids is 1. The Labute approximate surface area is 126 Å². The van der Waals surface area contributed by atoms with Gasteiger partial charge in [0.1, 0.15) is 0 Å². The van der Waals surface area contributed by atoms with Gasteiger partial charge in [-0.1, -0.05) is 28.8 Å². The van der Waals surface area contributed by atoms with E-state index in [1.54, 1.807) is 12.1 Å². The summed E-state index contributed by atoms with van der Waals surface area (Å²) in [6, 6.07) is 5.35. The van der Waals surface area contributed by atoms with E-state index in [9.17, 15) is 14.7 Å². The molecule has 0 aromatic heterocycles. The van der Waals surface area contributed by atoms with E-state index in [-0.39, 0.29) is 12.5 Å². The van der Waals surface area contributed by atoms with E-state index in [1.807, 2.05) is 13.0 Å². The normalized spacial score (nSPS) is 16.9. The van der Waals surface area contributed by atoms with E-state index in [2.05, 4.69) is 21.2 Å². The van der Waals surface area contributed by atoms with Crippen molar-refractivity contribution in [1.29, 1.82) is 0 Å². The van der Waals surface area contributed by atoms with Gasteiger partial charge >= 0.3 is 5.97 Å². The van der Waals surface area contributed by atoms with Crippen LogP contribution in [0.4, 0.5) is 0 Å². The molecule has 5 heteroatoms. The fourth-order valence-corrected chi connectivity index (χ4v) is 2.90. The van der Waals surface area contributed by atoms with Crippen LogP contribution < -0.4 is 5.32 Å². The highest BCUT2D eigenvalue weighted by Crippen LogP contribution is 2.37. The molecule has 0 aliphatic heterocycles. The highest BCUT2D eigenvalue weighted by molar-refractivity contribution is 9.10. The van der Waals surface area contributed by atoms with Gasteiger partial charge in [-0.3, -0.25) is 9.59 Å². The molecule has 20 heavy (non-hydrogen) atoms. The van der Waals surface area contributed by atoms with Crippen LogP contribution in [0.1, 0.15) is 41.6 Å². The minimum Gasteiger partial charge on any atom is -0.481 e. The molecular weight excluding hydrogens is 322 g/mol. The van der Waals surface area contributed by atoms with Gasteiger partial charge in [0.25, 0.3) is 5.91 Å². The Morgan fingerprint density at radius 3 is 2.55 bits per heavy atom. The van der Waals surface area contributed by atoms with Crippen molar-refractivity contribution in [2.75, 3.05) is 6.54 Å². The maximum Gasteiger partial charge on any atom is 0.311 e. The summed E-state index contributed by atoms with van der Waals surface area (Å²) in [4.78, 5) is 23.5. The number of carboxylic acid groups (broad SMARTS) is 1. The summed E-state index contributed by atoms with van der Waals surface area (Å²) in [7, 11) is 0. The van der Waals surface area contributed by atoms with E-state index in [4.69, 9.17) is 0 Å². The summed E-state index contributed by atoms with van der Waals surface area (Å²) in [6.45, 7) is 2.12. The molecule has 1 fully saturated rings. The molecule has 0 unspecified atom stereocenters. The van der Waals surface area contributed by atoms with E-state index in [1.165, 1.54) is 0 Å². The molecule has 1 aromatic carbocycles. The lowest BCUT2D eigenvalue weighted by Gasteiger charge is -2.24. The van der Waals surface area contributed by atoms with Gasteiger partial charge in [-0.15, -0.1) is 0 Å². The second kappa shape index (κ2) is 5.95. The van der Waals surface area contributed by atoms with Crippen molar-refractivity contribution in [1.82, 2.24) is 5.32 Å². The lowest BCUT2D eigenvalue weighted by Crippen LogP contribution is -2.41. The zero-order valence-electron chi connectivity index (χ0n) is 11.4. The van der Waals surface area contributed by atoms with Crippen molar-refractivity contribution in [2.24, 2.45) is 5.41 Å². The molecule has 0 radical (unpaired) electrons. The molecule has 0 atom stereocenters. The summed E-state index contributed by atoms with van der Waals surface area (Å²) < 4.78 is 0.951. The molecule has 1 saturated carbocycles. The van der Waals surface area contributed by atoms with Gasteiger partial charge in [-0.2, -0.15) is 0 Å². The van der Waals surface area contributed by atoms with Crippen molar-refractivity contribution in [3.05, 3.63) is 33.8 Å². The number of aliphatic carboxylic acids is 1. The second-order valence-electron chi connectivity index (χ2n) is 5.44. The molecule has 0 heterocycles. The number of amides is 1. The first kappa shape index (κ1) is 15.0. The van der Waals surface area contributed by atoms with Gasteiger partial charge in [0.2, 0.25) is 0 Å². The van der Waals surface area contributed by atoms with Crippen LogP contribution in [0, 0.1) is 12.3 Å². The topological polar surface area (TPSA) is 66.4 Å². The minimum absolute atomic E-state index is 0.205. The van der Waals surface area contributed by atoms with Gasteiger partial charge < -0.3 is 10.4 Å². The van der Waals surface area contributed by atoms with Crippen LogP contribution >= 0.6 is 15.9 Å². The zero-order valence-corrected chi connectivity index (χ0v) is 13.0. The van der Waals surface area contributed by atoms with Crippen molar-refractivity contribution >= 4 is 27.8 Å². The van der Waals surface area contributed by atoms with Crippen LogP contribution in [0.5, 0.6) is 0 Å². The summed E-state index contributed by atoms with van der Waals surface area (Å²) in [5, 5.41) is 12.1. The molecule has 0 bridgehead atoms. The van der Waals surface area contributed by atoms with Crippen LogP contribution in [0.25, 0.3) is 0 Å². The third-order valence-corrected chi connectivity index (χ3v) is 4.91. The Morgan fingerprint density at radius 2 is 2.00 bits per heavy atom. The third-order valence-electron chi connectivity index (χ3n) is 4.02. The average Bonchev–Trinajstić information content (AvgIpc) is 2.89. The van der Waals surface area contributed by atoms with Crippen molar-refractivity contribution in [2.45, 2.75) is 32.6 Å². The number of nitrogens with one attached hydrogen (secondary N) is 1. The number of halogens is 1. The van der Waals surface area contributed by atoms with Crippen LogP contribution in [0.2, 0.25) is 0 Å². The first-order valence-electron chi connectivity index (χ1n) is 6.72. The number of carboxylic acids is 1. The Kier molecular flexibility index (Phi) is 4.48. The molecule has 1 aliphatic rings. The third kappa shape index (κ3) is 3.03. The number of hydrogen-bond donors (Lipinski definition) is 2. The van der Waals surface area contributed by atoms with Crippen molar-refractivity contribution < 1.29 is 14.7 Å². The Hall–Kier alpha value is -1.36. The Bertz CT molecular complexity index is 536. The molecule has 1 aromatic rings. The largest absolute Gasteiger partial charge is 0.481 e. The maximum absolute atomic E-state index is 12.1. The van der Waals surface area contributed by atoms with E-state index < -0.39 is 11.4 Å². The molecule has 2 rings (SSSR count). The van der Waals surface area contributed by atoms with Gasteiger partial charge in [-0.05, 0) is 43.5 Å². The fraction of sp³-hybridized carbons (Fsp3) is 0.467. The average molecular weight is 340 g/mol. The Balaban J connectivity index is 2.04. The van der Waals surface area contributed by atoms with Gasteiger partial charge in [0.15, 0.2) is 0 Å². The van der Waals surface area contributed by atoms with Gasteiger partial charge in [0, 0.05) is 16.6 Å². The highest BCUT2D eigenvalue weighted by Gasteiger charge is 2.41. The highest BCUT2D eigenvalue weighted by atomic mass is 79.9.